The molecule has 1 fully saturated rings. The summed E-state index contributed by atoms with van der Waals surface area (Å²) in [6.45, 7) is 2.39. The van der Waals surface area contributed by atoms with Gasteiger partial charge in [-0.2, -0.15) is 4.98 Å². The number of anilines is 2. The molecule has 34 heavy (non-hydrogen) atoms. The minimum Gasteiger partial charge on any atom is -0.380 e. The van der Waals surface area contributed by atoms with E-state index in [9.17, 15) is 4.39 Å². The Morgan fingerprint density at radius 1 is 1.18 bits per heavy atom. The van der Waals surface area contributed by atoms with Crippen LogP contribution in [0.3, 0.4) is 0 Å². The van der Waals surface area contributed by atoms with Crippen LogP contribution >= 0.6 is 0 Å². The molecule has 4 aromatic rings. The highest BCUT2D eigenvalue weighted by Crippen LogP contribution is 2.24. The number of hydrogen-bond acceptors (Lipinski definition) is 7. The third-order valence-electron chi connectivity index (χ3n) is 5.47. The largest absolute Gasteiger partial charge is 0.380 e. The molecule has 1 saturated heterocycles. The average Bonchev–Trinajstić information content (AvgIpc) is 3.46. The number of nitrogens with one attached hydrogen (secondary N) is 2. The molecule has 0 unspecified atom stereocenters. The summed E-state index contributed by atoms with van der Waals surface area (Å²) in [6, 6.07) is 14.0. The van der Waals surface area contributed by atoms with Crippen molar-refractivity contribution in [1.29, 1.82) is 0 Å². The molecule has 0 aliphatic carbocycles. The molecule has 2 N–H and O–H groups in total. The van der Waals surface area contributed by atoms with Crippen LogP contribution in [0.4, 0.5) is 21.8 Å². The number of ether oxygens (including phenoxy) is 1. The van der Waals surface area contributed by atoms with Crippen LogP contribution in [0.15, 0.2) is 59.2 Å². The zero-order valence-electron chi connectivity index (χ0n) is 19.0. The molecule has 5 rings (SSSR count). The topological polar surface area (TPSA) is 89.2 Å². The highest BCUT2D eigenvalue weighted by Gasteiger charge is 2.15. The Morgan fingerprint density at radius 2 is 2.03 bits per heavy atom. The number of fused-ring (bicyclic) bond motifs is 1. The third-order valence-corrected chi connectivity index (χ3v) is 6.03. The van der Waals surface area contributed by atoms with Crippen molar-refractivity contribution in [3.05, 3.63) is 66.2 Å². The lowest BCUT2D eigenvalue weighted by Gasteiger charge is -2.11. The van der Waals surface area contributed by atoms with Gasteiger partial charge in [0.25, 0.3) is 0 Å². The molecule has 4 heterocycles. The summed E-state index contributed by atoms with van der Waals surface area (Å²) in [5.41, 5.74) is 2.47. The van der Waals surface area contributed by atoms with Crippen LogP contribution < -0.4 is 10.6 Å². The fraction of sp³-hybridized carbons (Fsp3) is 0.292. The average molecular weight is 480 g/mol. The summed E-state index contributed by atoms with van der Waals surface area (Å²) in [5.74, 6) is 1.14. The van der Waals surface area contributed by atoms with Crippen molar-refractivity contribution in [2.24, 2.45) is 4.36 Å². The summed E-state index contributed by atoms with van der Waals surface area (Å²) >= 11 is 0. The second-order valence-electron chi connectivity index (χ2n) is 8.26. The van der Waals surface area contributed by atoms with E-state index in [1.165, 1.54) is 18.0 Å². The van der Waals surface area contributed by atoms with Crippen LogP contribution in [0.2, 0.25) is 0 Å². The van der Waals surface area contributed by atoms with Crippen molar-refractivity contribution in [2.75, 3.05) is 31.0 Å². The maximum atomic E-state index is 14.6. The van der Waals surface area contributed by atoms with E-state index in [0.717, 1.165) is 31.9 Å². The smallest absolute Gasteiger partial charge is 0.229 e. The number of pyridine rings is 1. The first-order chi connectivity index (χ1) is 16.5. The van der Waals surface area contributed by atoms with Gasteiger partial charge in [0.2, 0.25) is 5.95 Å². The van der Waals surface area contributed by atoms with E-state index < -0.39 is 5.82 Å². The van der Waals surface area contributed by atoms with Gasteiger partial charge in [-0.15, -0.1) is 0 Å². The van der Waals surface area contributed by atoms with Crippen LogP contribution in [0.25, 0.3) is 16.9 Å². The molecule has 1 aromatic carbocycles. The van der Waals surface area contributed by atoms with Crippen LogP contribution in [0, 0.1) is 5.82 Å². The number of nitrogens with zero attached hydrogens (tertiary/aromatic N) is 5. The summed E-state index contributed by atoms with van der Waals surface area (Å²) in [7, 11) is -0.150. The number of aromatic nitrogens is 4. The molecule has 0 saturated carbocycles. The first kappa shape index (κ1) is 22.6. The second kappa shape index (κ2) is 9.96. The van der Waals surface area contributed by atoms with Crippen LogP contribution in [-0.4, -0.2) is 51.3 Å². The zero-order chi connectivity index (χ0) is 23.5. The van der Waals surface area contributed by atoms with E-state index in [1.807, 2.05) is 36.8 Å². The van der Waals surface area contributed by atoms with Gasteiger partial charge in [0, 0.05) is 37.3 Å². The lowest BCUT2D eigenvalue weighted by molar-refractivity contribution is 0.190. The molecule has 3 aromatic heterocycles. The number of benzene rings is 1. The summed E-state index contributed by atoms with van der Waals surface area (Å²) in [4.78, 5) is 13.4. The Kier molecular flexibility index (Phi) is 6.61. The van der Waals surface area contributed by atoms with Gasteiger partial charge in [0.15, 0.2) is 17.3 Å². The lowest BCUT2D eigenvalue weighted by atomic mass is 10.2. The van der Waals surface area contributed by atoms with Crippen molar-refractivity contribution in [3.63, 3.8) is 0 Å². The van der Waals surface area contributed by atoms with Crippen LogP contribution in [0.1, 0.15) is 12.0 Å². The molecule has 0 amide bonds. The molecule has 176 valence electrons. The lowest BCUT2D eigenvalue weighted by Crippen LogP contribution is -2.28. The minimum absolute atomic E-state index is 0.150. The molecule has 0 bridgehead atoms. The van der Waals surface area contributed by atoms with Crippen molar-refractivity contribution in [1.82, 2.24) is 24.8 Å². The summed E-state index contributed by atoms with van der Waals surface area (Å²) < 4.78 is 26.1. The molecule has 0 radical (unpaired) electrons. The van der Waals surface area contributed by atoms with E-state index in [2.05, 4.69) is 42.1 Å². The van der Waals surface area contributed by atoms with Crippen molar-refractivity contribution < 1.29 is 9.13 Å². The first-order valence-corrected chi connectivity index (χ1v) is 13.0. The second-order valence-corrected chi connectivity index (χ2v) is 9.99. The van der Waals surface area contributed by atoms with Gasteiger partial charge in [-0.05, 0) is 48.8 Å². The molecule has 1 aliphatic heterocycles. The Morgan fingerprint density at radius 3 is 2.79 bits per heavy atom. The maximum Gasteiger partial charge on any atom is 0.229 e. The monoisotopic (exact) mass is 479 g/mol. The van der Waals surface area contributed by atoms with Crippen LogP contribution in [-0.2, 0) is 22.0 Å². The fourth-order valence-electron chi connectivity index (χ4n) is 3.78. The molecular weight excluding hydrogens is 453 g/mol. The minimum atomic E-state index is -0.402. The van der Waals surface area contributed by atoms with Gasteiger partial charge in [-0.25, -0.2) is 18.7 Å². The quantitative estimate of drug-likeness (QED) is 0.412. The van der Waals surface area contributed by atoms with Gasteiger partial charge >= 0.3 is 0 Å². The number of rotatable bonds is 7. The van der Waals surface area contributed by atoms with E-state index in [0.29, 0.717) is 34.7 Å². The molecule has 1 aliphatic rings. The Labute approximate surface area is 199 Å². The molecule has 10 heteroatoms. The zero-order valence-corrected chi connectivity index (χ0v) is 19.8. The number of hydrogen-bond donors (Lipinski definition) is 2. The molecular formula is C24H26FN7OS. The summed E-state index contributed by atoms with van der Waals surface area (Å²) in [5, 5.41) is 7.05. The van der Waals surface area contributed by atoms with Gasteiger partial charge in [0.05, 0.1) is 12.0 Å². The Balaban J connectivity index is 1.36. The van der Waals surface area contributed by atoms with Crippen molar-refractivity contribution >= 4 is 39.2 Å². The normalized spacial score (nSPS) is 15.8. The van der Waals surface area contributed by atoms with Crippen molar-refractivity contribution in [2.45, 2.75) is 19.0 Å². The van der Waals surface area contributed by atoms with Crippen LogP contribution in [0.5, 0.6) is 0 Å². The molecule has 0 spiro atoms. The Hall–Kier alpha value is -3.21. The number of halogens is 1. The molecule has 1 atom stereocenters. The van der Waals surface area contributed by atoms with Gasteiger partial charge in [-0.3, -0.25) is 4.57 Å². The predicted octanol–water partition coefficient (Wildman–Crippen LogP) is 4.27. The third kappa shape index (κ3) is 5.14. The van der Waals surface area contributed by atoms with Gasteiger partial charge in [-0.1, -0.05) is 28.9 Å². The van der Waals surface area contributed by atoms with Gasteiger partial charge in [0.1, 0.15) is 5.82 Å². The molecule has 8 nitrogen and oxygen atoms in total. The highest BCUT2D eigenvalue weighted by atomic mass is 32.2. The van der Waals surface area contributed by atoms with Crippen molar-refractivity contribution in [3.8, 4) is 5.82 Å². The Bertz CT molecular complexity index is 1330. The highest BCUT2D eigenvalue weighted by molar-refractivity contribution is 7.85. The first-order valence-electron chi connectivity index (χ1n) is 11.0. The summed E-state index contributed by atoms with van der Waals surface area (Å²) in [6.07, 6.45) is 7.94. The van der Waals surface area contributed by atoms with E-state index in [1.54, 1.807) is 10.6 Å². The predicted molar refractivity (Wildman–Crippen MR) is 134 cm³/mol. The fourth-order valence-corrected chi connectivity index (χ4v) is 4.26. The maximum absolute atomic E-state index is 14.6. The van der Waals surface area contributed by atoms with E-state index in [-0.39, 0.29) is 10.7 Å². The van der Waals surface area contributed by atoms with E-state index in [4.69, 9.17) is 4.74 Å². The standard InChI is InChI=1S/C24H26FN7OS/c1-34(2)31-21-4-3-5-22(29-21)32-14-20(25)19-13-27-24(30-23(19)32)28-17-8-6-16(7-9-17)12-26-18-10-11-33-15-18/h3-9,13-14,18,26H,10-12,15H2,1-2H3,(H,27,28,30)/t18-/m0/s1. The SMILES string of the molecule is CS(C)=Nc1cccc(-n2cc(F)c3cnc(Nc4ccc(CN[C@H]5CCOC5)cc4)nc32)n1. The van der Waals surface area contributed by atoms with Gasteiger partial charge < -0.3 is 15.4 Å². The van der Waals surface area contributed by atoms with E-state index >= 15 is 0 Å².